The van der Waals surface area contributed by atoms with Crippen LogP contribution in [0.5, 0.6) is 0 Å². The third-order valence-corrected chi connectivity index (χ3v) is 7.26. The molecule has 0 N–H and O–H groups in total. The Morgan fingerprint density at radius 2 is 1.39 bits per heavy atom. The summed E-state index contributed by atoms with van der Waals surface area (Å²) in [7, 11) is 0. The molecule has 0 aromatic heterocycles. The zero-order valence-corrected chi connectivity index (χ0v) is 20.6. The van der Waals surface area contributed by atoms with E-state index in [4.69, 9.17) is 0 Å². The fraction of sp³-hybridized carbons (Fsp3) is 0.310. The van der Waals surface area contributed by atoms with E-state index in [1.807, 2.05) is 35.2 Å². The Morgan fingerprint density at radius 3 is 2.03 bits per heavy atom. The fourth-order valence-corrected chi connectivity index (χ4v) is 4.96. The molecular weight excluding hydrogens is 498 g/mol. The summed E-state index contributed by atoms with van der Waals surface area (Å²) in [6.45, 7) is 3.83. The highest BCUT2D eigenvalue weighted by atomic mass is 19.4. The Kier molecular flexibility index (Phi) is 7.21. The van der Waals surface area contributed by atoms with E-state index in [2.05, 4.69) is 4.90 Å². The first-order valence-corrected chi connectivity index (χ1v) is 12.5. The van der Waals surface area contributed by atoms with Crippen LogP contribution in [0.2, 0.25) is 0 Å². The van der Waals surface area contributed by atoms with Crippen molar-refractivity contribution < 1.29 is 27.2 Å². The minimum absolute atomic E-state index is 0.0269. The lowest BCUT2D eigenvalue weighted by molar-refractivity contribution is -0.137. The molecule has 0 radical (unpaired) electrons. The van der Waals surface area contributed by atoms with Gasteiger partial charge in [-0.15, -0.1) is 0 Å². The van der Waals surface area contributed by atoms with Crippen molar-refractivity contribution in [3.8, 4) is 0 Å². The van der Waals surface area contributed by atoms with Crippen LogP contribution in [0.15, 0.2) is 72.8 Å². The summed E-state index contributed by atoms with van der Waals surface area (Å²) < 4.78 is 52.9. The Labute approximate surface area is 218 Å². The SMILES string of the molecule is O=C(c1ccccc1)N1CCN(C2CN(C(=O)c3ccc(F)c(Cc4ccc(C(F)(F)F)cc4)c3)C2)CC1. The van der Waals surface area contributed by atoms with E-state index >= 15 is 0 Å². The first-order chi connectivity index (χ1) is 18.2. The molecule has 5 nitrogen and oxygen atoms in total. The van der Waals surface area contributed by atoms with E-state index < -0.39 is 17.6 Å². The predicted octanol–water partition coefficient (Wildman–Crippen LogP) is 4.72. The van der Waals surface area contributed by atoms with E-state index in [1.165, 1.54) is 30.3 Å². The Balaban J connectivity index is 1.14. The number of nitrogens with zero attached hydrogens (tertiary/aromatic N) is 3. The molecule has 9 heteroatoms. The first-order valence-electron chi connectivity index (χ1n) is 12.5. The second kappa shape index (κ2) is 10.6. The number of amides is 2. The van der Waals surface area contributed by atoms with Crippen LogP contribution in [0.3, 0.4) is 0 Å². The molecule has 0 spiro atoms. The number of carbonyl (C=O) groups excluding carboxylic acids is 2. The molecule has 3 aromatic rings. The van der Waals surface area contributed by atoms with E-state index in [9.17, 15) is 27.2 Å². The number of halogens is 4. The number of alkyl halides is 3. The maximum atomic E-state index is 14.4. The van der Waals surface area contributed by atoms with Crippen LogP contribution in [0.4, 0.5) is 17.6 Å². The van der Waals surface area contributed by atoms with Crippen LogP contribution in [-0.2, 0) is 12.6 Å². The van der Waals surface area contributed by atoms with Crippen molar-refractivity contribution in [3.63, 3.8) is 0 Å². The molecule has 0 atom stereocenters. The van der Waals surface area contributed by atoms with Gasteiger partial charge in [0.05, 0.1) is 5.56 Å². The number of piperazine rings is 1. The lowest BCUT2D eigenvalue weighted by Crippen LogP contribution is -2.64. The predicted molar refractivity (Wildman–Crippen MR) is 134 cm³/mol. The van der Waals surface area contributed by atoms with Crippen LogP contribution in [-0.4, -0.2) is 71.8 Å². The lowest BCUT2D eigenvalue weighted by Gasteiger charge is -2.48. The summed E-state index contributed by atoms with van der Waals surface area (Å²) in [5.74, 6) is -0.683. The summed E-state index contributed by atoms with van der Waals surface area (Å²) >= 11 is 0. The van der Waals surface area contributed by atoms with Crippen LogP contribution < -0.4 is 0 Å². The van der Waals surface area contributed by atoms with Gasteiger partial charge in [0.1, 0.15) is 5.82 Å². The maximum Gasteiger partial charge on any atom is 0.416 e. The van der Waals surface area contributed by atoms with E-state index in [-0.39, 0.29) is 29.8 Å². The Morgan fingerprint density at radius 1 is 0.763 bits per heavy atom. The van der Waals surface area contributed by atoms with Gasteiger partial charge in [0.2, 0.25) is 0 Å². The summed E-state index contributed by atoms with van der Waals surface area (Å²) in [5.41, 5.74) is 1.05. The highest BCUT2D eigenvalue weighted by molar-refractivity contribution is 5.95. The summed E-state index contributed by atoms with van der Waals surface area (Å²) in [5, 5.41) is 0. The molecule has 2 aliphatic heterocycles. The molecule has 2 amide bonds. The van der Waals surface area contributed by atoms with Crippen LogP contribution in [0.25, 0.3) is 0 Å². The zero-order valence-electron chi connectivity index (χ0n) is 20.6. The Hall–Kier alpha value is -3.72. The molecule has 0 saturated carbocycles. The molecular formula is C29H27F4N3O2. The molecule has 2 fully saturated rings. The smallest absolute Gasteiger partial charge is 0.336 e. The van der Waals surface area contributed by atoms with Gasteiger partial charge < -0.3 is 9.80 Å². The molecule has 5 rings (SSSR count). The van der Waals surface area contributed by atoms with Crippen LogP contribution >= 0.6 is 0 Å². The highest BCUT2D eigenvalue weighted by Gasteiger charge is 2.37. The van der Waals surface area contributed by atoms with Crippen molar-refractivity contribution in [1.29, 1.82) is 0 Å². The van der Waals surface area contributed by atoms with Crippen molar-refractivity contribution >= 4 is 11.8 Å². The van der Waals surface area contributed by atoms with Gasteiger partial charge >= 0.3 is 6.18 Å². The molecule has 2 aliphatic rings. The third kappa shape index (κ3) is 5.57. The Bertz CT molecular complexity index is 1300. The van der Waals surface area contributed by atoms with Gasteiger partial charge in [0.25, 0.3) is 11.8 Å². The van der Waals surface area contributed by atoms with Crippen molar-refractivity contribution in [2.75, 3.05) is 39.3 Å². The second-order valence-corrected chi connectivity index (χ2v) is 9.74. The summed E-state index contributed by atoms with van der Waals surface area (Å²) in [4.78, 5) is 31.5. The van der Waals surface area contributed by atoms with E-state index in [1.54, 1.807) is 4.90 Å². The molecule has 198 valence electrons. The number of carbonyl (C=O) groups is 2. The first kappa shape index (κ1) is 25.9. The highest BCUT2D eigenvalue weighted by Crippen LogP contribution is 2.30. The standard InChI is InChI=1S/C29H27F4N3O2/c30-26-11-8-22(17-23(26)16-20-6-9-24(10-7-20)29(31,32)33)28(38)36-18-25(19-36)34-12-14-35(15-13-34)27(37)21-4-2-1-3-5-21/h1-11,17,25H,12-16,18-19H2. The molecule has 2 saturated heterocycles. The average Bonchev–Trinajstić information content (AvgIpc) is 2.89. The largest absolute Gasteiger partial charge is 0.416 e. The normalized spacial score (nSPS) is 16.8. The monoisotopic (exact) mass is 525 g/mol. The number of benzene rings is 3. The van der Waals surface area contributed by atoms with Gasteiger partial charge in [0.15, 0.2) is 0 Å². The molecule has 2 heterocycles. The number of rotatable bonds is 5. The van der Waals surface area contributed by atoms with Gasteiger partial charge in [-0.05, 0) is 53.6 Å². The summed E-state index contributed by atoms with van der Waals surface area (Å²) in [6.07, 6.45) is -4.35. The fourth-order valence-electron chi connectivity index (χ4n) is 4.96. The van der Waals surface area contributed by atoms with Crippen molar-refractivity contribution in [2.45, 2.75) is 18.6 Å². The van der Waals surface area contributed by atoms with E-state index in [0.717, 1.165) is 25.2 Å². The molecule has 38 heavy (non-hydrogen) atoms. The van der Waals surface area contributed by atoms with Crippen molar-refractivity contribution in [2.24, 2.45) is 0 Å². The van der Waals surface area contributed by atoms with E-state index in [0.29, 0.717) is 42.9 Å². The molecule has 0 unspecified atom stereocenters. The van der Waals surface area contributed by atoms with Crippen molar-refractivity contribution in [1.82, 2.24) is 14.7 Å². The molecule has 3 aromatic carbocycles. The van der Waals surface area contributed by atoms with Crippen LogP contribution in [0.1, 0.15) is 37.4 Å². The minimum Gasteiger partial charge on any atom is -0.336 e. The average molecular weight is 526 g/mol. The molecule has 0 aliphatic carbocycles. The number of hydrogen-bond donors (Lipinski definition) is 0. The quantitative estimate of drug-likeness (QED) is 0.453. The summed E-state index contributed by atoms with van der Waals surface area (Å²) in [6, 6.07) is 18.2. The van der Waals surface area contributed by atoms with Gasteiger partial charge in [-0.2, -0.15) is 13.2 Å². The molecule has 0 bridgehead atoms. The number of hydrogen-bond acceptors (Lipinski definition) is 3. The maximum absolute atomic E-state index is 14.4. The number of likely N-dealkylation sites (tertiary alicyclic amines) is 1. The zero-order chi connectivity index (χ0) is 26.9. The van der Waals surface area contributed by atoms with Gasteiger partial charge in [0, 0.05) is 62.9 Å². The van der Waals surface area contributed by atoms with Gasteiger partial charge in [-0.3, -0.25) is 14.5 Å². The van der Waals surface area contributed by atoms with Crippen LogP contribution in [0, 0.1) is 5.82 Å². The van der Waals surface area contributed by atoms with Gasteiger partial charge in [-0.1, -0.05) is 30.3 Å². The lowest BCUT2D eigenvalue weighted by atomic mass is 9.99. The van der Waals surface area contributed by atoms with Gasteiger partial charge in [-0.25, -0.2) is 4.39 Å². The topological polar surface area (TPSA) is 43.9 Å². The minimum atomic E-state index is -4.43. The third-order valence-electron chi connectivity index (χ3n) is 7.26. The second-order valence-electron chi connectivity index (χ2n) is 9.74. The van der Waals surface area contributed by atoms with Crippen molar-refractivity contribution in [3.05, 3.63) is 106 Å².